The maximum absolute atomic E-state index is 13.6. The fourth-order valence-corrected chi connectivity index (χ4v) is 5.83. The van der Waals surface area contributed by atoms with Crippen LogP contribution in [-0.4, -0.2) is 65.2 Å². The van der Waals surface area contributed by atoms with Crippen molar-refractivity contribution in [2.24, 2.45) is 11.8 Å². The predicted molar refractivity (Wildman–Crippen MR) is 136 cm³/mol. The van der Waals surface area contributed by atoms with Crippen LogP contribution >= 0.6 is 0 Å². The van der Waals surface area contributed by atoms with Gasteiger partial charge in [-0.05, 0) is 70.8 Å². The summed E-state index contributed by atoms with van der Waals surface area (Å²) in [5, 5.41) is 3.02. The second-order valence-corrected chi connectivity index (χ2v) is 11.5. The Kier molecular flexibility index (Phi) is 8.42. The van der Waals surface area contributed by atoms with Crippen LogP contribution in [0.25, 0.3) is 0 Å². The van der Waals surface area contributed by atoms with Gasteiger partial charge >= 0.3 is 12.2 Å². The Balaban J connectivity index is 1.29. The number of hydrogen-bond donors (Lipinski definition) is 1. The molecule has 2 aliphatic heterocycles. The Morgan fingerprint density at radius 1 is 1.00 bits per heavy atom. The zero-order valence-corrected chi connectivity index (χ0v) is 21.9. The van der Waals surface area contributed by atoms with Crippen molar-refractivity contribution in [3.63, 3.8) is 0 Å². The van der Waals surface area contributed by atoms with E-state index in [0.717, 1.165) is 50.6 Å². The molecule has 1 N–H and O–H groups in total. The molecule has 3 atom stereocenters. The first-order valence-electron chi connectivity index (χ1n) is 13.5. The van der Waals surface area contributed by atoms with E-state index in [2.05, 4.69) is 10.2 Å². The Morgan fingerprint density at radius 3 is 2.42 bits per heavy atom. The molecule has 2 saturated heterocycles. The molecule has 1 aromatic carbocycles. The van der Waals surface area contributed by atoms with Crippen LogP contribution in [0.2, 0.25) is 0 Å². The first-order valence-corrected chi connectivity index (χ1v) is 13.5. The highest BCUT2D eigenvalue weighted by molar-refractivity contribution is 5.80. The van der Waals surface area contributed by atoms with Gasteiger partial charge in [0.15, 0.2) is 0 Å². The van der Waals surface area contributed by atoms with E-state index in [1.165, 1.54) is 0 Å². The van der Waals surface area contributed by atoms with Crippen molar-refractivity contribution in [2.45, 2.75) is 90.0 Å². The molecule has 8 heteroatoms. The van der Waals surface area contributed by atoms with Crippen molar-refractivity contribution < 1.29 is 23.9 Å². The highest BCUT2D eigenvalue weighted by Crippen LogP contribution is 2.37. The molecule has 1 saturated carbocycles. The van der Waals surface area contributed by atoms with E-state index in [4.69, 9.17) is 9.47 Å². The molecule has 3 unspecified atom stereocenters. The number of nitrogens with zero attached hydrogens (tertiary/aromatic N) is 2. The largest absolute Gasteiger partial charge is 0.445 e. The van der Waals surface area contributed by atoms with Crippen LogP contribution in [0.5, 0.6) is 0 Å². The van der Waals surface area contributed by atoms with Crippen molar-refractivity contribution in [2.75, 3.05) is 19.6 Å². The highest BCUT2D eigenvalue weighted by Gasteiger charge is 2.42. The van der Waals surface area contributed by atoms with E-state index in [-0.39, 0.29) is 36.6 Å². The second-order valence-electron chi connectivity index (χ2n) is 11.5. The van der Waals surface area contributed by atoms with Gasteiger partial charge in [-0.1, -0.05) is 36.8 Å². The molecule has 0 bridgehead atoms. The summed E-state index contributed by atoms with van der Waals surface area (Å²) in [4.78, 5) is 42.3. The van der Waals surface area contributed by atoms with Crippen LogP contribution in [0.3, 0.4) is 0 Å². The third-order valence-electron chi connectivity index (χ3n) is 7.67. The molecule has 3 amide bonds. The SMILES string of the molecule is CC(C)(C)OC(=O)N1CCC(N2CCC3CCCC(NC(=O)OCc4ccccc4)CC3C2=O)CC1. The summed E-state index contributed by atoms with van der Waals surface area (Å²) in [5.74, 6) is 0.528. The molecule has 8 nitrogen and oxygen atoms in total. The number of carbonyl (C=O) groups excluding carboxylic acids is 3. The smallest absolute Gasteiger partial charge is 0.410 e. The number of likely N-dealkylation sites (tertiary alicyclic amines) is 2. The molecule has 3 fully saturated rings. The predicted octanol–water partition coefficient (Wildman–Crippen LogP) is 4.72. The zero-order chi connectivity index (χ0) is 25.7. The van der Waals surface area contributed by atoms with Gasteiger partial charge in [-0.15, -0.1) is 0 Å². The van der Waals surface area contributed by atoms with Crippen LogP contribution in [0, 0.1) is 11.8 Å². The minimum absolute atomic E-state index is 0.0545. The Labute approximate surface area is 214 Å². The van der Waals surface area contributed by atoms with E-state index >= 15 is 0 Å². The fraction of sp³-hybridized carbons (Fsp3) is 0.679. The first-order chi connectivity index (χ1) is 17.2. The maximum Gasteiger partial charge on any atom is 0.410 e. The number of piperidine rings is 2. The van der Waals surface area contributed by atoms with Crippen LogP contribution in [0.15, 0.2) is 30.3 Å². The molecule has 1 aliphatic carbocycles. The molecule has 198 valence electrons. The monoisotopic (exact) mass is 499 g/mol. The van der Waals surface area contributed by atoms with Crippen LogP contribution in [0.4, 0.5) is 9.59 Å². The van der Waals surface area contributed by atoms with Crippen molar-refractivity contribution in [1.82, 2.24) is 15.1 Å². The lowest BCUT2D eigenvalue weighted by Gasteiger charge is -2.44. The van der Waals surface area contributed by atoms with Gasteiger partial charge in [0.2, 0.25) is 5.91 Å². The molecule has 1 aromatic rings. The first kappa shape index (κ1) is 26.3. The summed E-state index contributed by atoms with van der Waals surface area (Å²) < 4.78 is 10.9. The highest BCUT2D eigenvalue weighted by atomic mass is 16.6. The van der Waals surface area contributed by atoms with E-state index < -0.39 is 11.7 Å². The van der Waals surface area contributed by atoms with Gasteiger partial charge in [-0.25, -0.2) is 9.59 Å². The van der Waals surface area contributed by atoms with Crippen LogP contribution < -0.4 is 5.32 Å². The van der Waals surface area contributed by atoms with Gasteiger partial charge in [0.1, 0.15) is 12.2 Å². The van der Waals surface area contributed by atoms with Gasteiger partial charge < -0.3 is 24.6 Å². The normalized spacial score (nSPS) is 25.5. The summed E-state index contributed by atoms with van der Waals surface area (Å²) in [6, 6.07) is 9.73. The number of rotatable bonds is 4. The molecular formula is C28H41N3O5. The molecule has 0 spiro atoms. The molecular weight excluding hydrogens is 458 g/mol. The van der Waals surface area contributed by atoms with Gasteiger partial charge in [0, 0.05) is 37.6 Å². The molecule has 0 radical (unpaired) electrons. The third-order valence-corrected chi connectivity index (χ3v) is 7.67. The lowest BCUT2D eigenvalue weighted by Crippen LogP contribution is -2.55. The molecule has 0 aromatic heterocycles. The Bertz CT molecular complexity index is 908. The average molecular weight is 500 g/mol. The number of hydrogen-bond acceptors (Lipinski definition) is 5. The summed E-state index contributed by atoms with van der Waals surface area (Å²) in [6.07, 6.45) is 5.43. The molecule has 2 heterocycles. The van der Waals surface area contributed by atoms with Crippen molar-refractivity contribution in [3.8, 4) is 0 Å². The number of alkyl carbamates (subject to hydrolysis) is 1. The number of carbonyl (C=O) groups is 3. The molecule has 4 rings (SSSR count). The topological polar surface area (TPSA) is 88.2 Å². The standard InChI is InChI=1S/C28H41N3O5/c1-28(2,3)36-27(34)30-15-13-23(14-16-30)31-17-12-21-10-7-11-22(18-24(21)25(31)32)29-26(33)35-19-20-8-5-4-6-9-20/h4-6,8-9,21-24H,7,10-19H2,1-3H3,(H,29,33). The zero-order valence-electron chi connectivity index (χ0n) is 21.9. The van der Waals surface area contributed by atoms with Crippen LogP contribution in [-0.2, 0) is 20.9 Å². The van der Waals surface area contributed by atoms with Crippen molar-refractivity contribution in [3.05, 3.63) is 35.9 Å². The van der Waals surface area contributed by atoms with Gasteiger partial charge in [-0.3, -0.25) is 4.79 Å². The summed E-state index contributed by atoms with van der Waals surface area (Å²) in [5.41, 5.74) is 0.438. The van der Waals surface area contributed by atoms with Gasteiger partial charge in [-0.2, -0.15) is 0 Å². The van der Waals surface area contributed by atoms with Crippen LogP contribution in [0.1, 0.15) is 71.3 Å². The maximum atomic E-state index is 13.6. The number of nitrogens with one attached hydrogen (secondary N) is 1. The fourth-order valence-electron chi connectivity index (χ4n) is 5.83. The number of amides is 3. The summed E-state index contributed by atoms with van der Waals surface area (Å²) in [7, 11) is 0. The molecule has 36 heavy (non-hydrogen) atoms. The van der Waals surface area contributed by atoms with E-state index in [1.54, 1.807) is 4.90 Å². The summed E-state index contributed by atoms with van der Waals surface area (Å²) >= 11 is 0. The van der Waals surface area contributed by atoms with Gasteiger partial charge in [0.05, 0.1) is 0 Å². The number of fused-ring (bicyclic) bond motifs is 1. The lowest BCUT2D eigenvalue weighted by atomic mass is 9.80. The quantitative estimate of drug-likeness (QED) is 0.648. The average Bonchev–Trinajstić information content (AvgIpc) is 3.05. The number of benzene rings is 1. The third kappa shape index (κ3) is 6.92. The van der Waals surface area contributed by atoms with Crippen molar-refractivity contribution in [1.29, 1.82) is 0 Å². The Hall–Kier alpha value is -2.77. The molecule has 3 aliphatic rings. The number of ether oxygens (including phenoxy) is 2. The minimum Gasteiger partial charge on any atom is -0.445 e. The second kappa shape index (κ2) is 11.5. The van der Waals surface area contributed by atoms with E-state index in [0.29, 0.717) is 25.4 Å². The van der Waals surface area contributed by atoms with Gasteiger partial charge in [0.25, 0.3) is 0 Å². The Morgan fingerprint density at radius 2 is 1.72 bits per heavy atom. The van der Waals surface area contributed by atoms with E-state index in [1.807, 2.05) is 51.1 Å². The van der Waals surface area contributed by atoms with Crippen molar-refractivity contribution >= 4 is 18.1 Å². The summed E-state index contributed by atoms with van der Waals surface area (Å²) in [6.45, 7) is 7.85. The minimum atomic E-state index is -0.510. The van der Waals surface area contributed by atoms with E-state index in [9.17, 15) is 14.4 Å². The lowest BCUT2D eigenvalue weighted by molar-refractivity contribution is -0.145.